The van der Waals surface area contributed by atoms with Crippen LogP contribution in [0.5, 0.6) is 0 Å². The molecule has 0 spiro atoms. The Morgan fingerprint density at radius 3 is 1.90 bits per heavy atom. The fraction of sp³-hybridized carbons (Fsp3) is 0.632. The minimum atomic E-state index is -4.10. The van der Waals surface area contributed by atoms with Crippen molar-refractivity contribution in [2.75, 3.05) is 12.4 Å². The lowest BCUT2D eigenvalue weighted by Crippen LogP contribution is -2.53. The van der Waals surface area contributed by atoms with Crippen LogP contribution >= 0.6 is 0 Å². The molecule has 0 amide bonds. The number of unbranched alkanes of at least 4 members (excludes halogenated alkanes) is 1. The van der Waals surface area contributed by atoms with E-state index in [1.807, 2.05) is 0 Å². The van der Waals surface area contributed by atoms with E-state index < -0.39 is 51.4 Å². The van der Waals surface area contributed by atoms with Crippen LogP contribution in [0.3, 0.4) is 0 Å². The third-order valence-corrected chi connectivity index (χ3v) is 5.25. The molecule has 2 unspecified atom stereocenters. The third-order valence-electron chi connectivity index (χ3n) is 4.44. The molecule has 0 fully saturated rings. The minimum absolute atomic E-state index is 0.0922. The molecule has 0 aliphatic heterocycles. The molecule has 0 radical (unpaired) electrons. The molecule has 0 rings (SSSR count). The van der Waals surface area contributed by atoms with E-state index >= 15 is 0 Å². The summed E-state index contributed by atoms with van der Waals surface area (Å²) in [6.07, 6.45) is 0.849. The molecule has 0 aromatic heterocycles. The lowest BCUT2D eigenvalue weighted by Gasteiger charge is -2.39. The van der Waals surface area contributed by atoms with Crippen LogP contribution in [-0.4, -0.2) is 55.4 Å². The molecule has 0 heterocycles. The van der Waals surface area contributed by atoms with Gasteiger partial charge in [0.25, 0.3) is 10.1 Å². The van der Waals surface area contributed by atoms with Crippen LogP contribution in [0.15, 0.2) is 25.3 Å². The van der Waals surface area contributed by atoms with Crippen molar-refractivity contribution >= 4 is 28.0 Å². The van der Waals surface area contributed by atoms with Crippen LogP contribution < -0.4 is 0 Å². The van der Waals surface area contributed by atoms with Crippen LogP contribution in [0, 0.1) is 5.41 Å². The summed E-state index contributed by atoms with van der Waals surface area (Å²) in [4.78, 5) is 36.4. The van der Waals surface area contributed by atoms with E-state index in [1.54, 1.807) is 6.92 Å². The van der Waals surface area contributed by atoms with Crippen molar-refractivity contribution in [3.8, 4) is 0 Å². The summed E-state index contributed by atoms with van der Waals surface area (Å²) in [7, 11) is -4.10. The number of carbonyl (C=O) groups is 3. The Balaban J connectivity index is 5.56. The summed E-state index contributed by atoms with van der Waals surface area (Å²) in [6, 6.07) is 0. The molecule has 10 heteroatoms. The minimum Gasteiger partial charge on any atom is -0.465 e. The van der Waals surface area contributed by atoms with Gasteiger partial charge in [0.2, 0.25) is 0 Å². The molecule has 0 aromatic carbocycles. The molecule has 29 heavy (non-hydrogen) atoms. The van der Waals surface area contributed by atoms with E-state index in [-0.39, 0.29) is 25.9 Å². The number of hydrogen-bond donors (Lipinski definition) is 1. The van der Waals surface area contributed by atoms with Gasteiger partial charge in [-0.25, -0.2) is 9.59 Å². The van der Waals surface area contributed by atoms with Crippen molar-refractivity contribution in [2.45, 2.75) is 58.7 Å². The van der Waals surface area contributed by atoms with E-state index in [0.29, 0.717) is 6.42 Å². The first-order valence-corrected chi connectivity index (χ1v) is 10.8. The van der Waals surface area contributed by atoms with Crippen molar-refractivity contribution in [3.05, 3.63) is 25.3 Å². The monoisotopic (exact) mass is 434 g/mol. The van der Waals surface area contributed by atoms with E-state index in [4.69, 9.17) is 18.8 Å². The zero-order valence-corrected chi connectivity index (χ0v) is 17.9. The summed E-state index contributed by atoms with van der Waals surface area (Å²) in [5.41, 5.74) is -1.49. The van der Waals surface area contributed by atoms with Gasteiger partial charge in [-0.3, -0.25) is 9.35 Å². The molecule has 166 valence electrons. The predicted octanol–water partition coefficient (Wildman–Crippen LogP) is 2.22. The number of hydrogen-bond acceptors (Lipinski definition) is 8. The summed E-state index contributed by atoms with van der Waals surface area (Å²) >= 11 is 0. The number of rotatable bonds is 14. The average Bonchev–Trinajstić information content (AvgIpc) is 2.63. The molecule has 0 aliphatic rings. The Morgan fingerprint density at radius 2 is 1.52 bits per heavy atom. The number of carbonyl (C=O) groups excluding carboxylic acids is 3. The SMILES string of the molecule is C=CC(=O)OC(C)C(CCC)(C(=O)OCCCCS(=O)(=O)O)C(C)OC(=O)C=C. The Labute approximate surface area is 171 Å². The first kappa shape index (κ1) is 26.8. The van der Waals surface area contributed by atoms with Crippen LogP contribution in [0.1, 0.15) is 46.5 Å². The number of esters is 3. The van der Waals surface area contributed by atoms with Crippen LogP contribution in [0.25, 0.3) is 0 Å². The van der Waals surface area contributed by atoms with Gasteiger partial charge in [-0.05, 0) is 33.1 Å². The zero-order chi connectivity index (χ0) is 22.7. The Hall–Kier alpha value is -2.20. The molecule has 1 N–H and O–H groups in total. The van der Waals surface area contributed by atoms with Crippen LogP contribution in [0.2, 0.25) is 0 Å². The normalized spacial score (nSPS) is 15.3. The van der Waals surface area contributed by atoms with Gasteiger partial charge in [-0.15, -0.1) is 0 Å². The molecule has 0 saturated heterocycles. The third kappa shape index (κ3) is 8.78. The maximum atomic E-state index is 13.0. The van der Waals surface area contributed by atoms with Gasteiger partial charge in [0, 0.05) is 12.2 Å². The van der Waals surface area contributed by atoms with E-state index in [0.717, 1.165) is 12.2 Å². The van der Waals surface area contributed by atoms with E-state index in [9.17, 15) is 22.8 Å². The van der Waals surface area contributed by atoms with Gasteiger partial charge < -0.3 is 14.2 Å². The molecule has 0 bridgehead atoms. The quantitative estimate of drug-likeness (QED) is 0.144. The highest BCUT2D eigenvalue weighted by atomic mass is 32.2. The van der Waals surface area contributed by atoms with Gasteiger partial charge in [0.05, 0.1) is 12.4 Å². The maximum Gasteiger partial charge on any atom is 0.330 e. The highest BCUT2D eigenvalue weighted by Crippen LogP contribution is 2.38. The first-order valence-electron chi connectivity index (χ1n) is 9.23. The Bertz CT molecular complexity index is 668. The lowest BCUT2D eigenvalue weighted by atomic mass is 9.74. The highest BCUT2D eigenvalue weighted by molar-refractivity contribution is 7.85. The second kappa shape index (κ2) is 12.4. The van der Waals surface area contributed by atoms with Crippen LogP contribution in [-0.2, 0) is 38.7 Å². The highest BCUT2D eigenvalue weighted by Gasteiger charge is 2.52. The molecule has 0 aliphatic carbocycles. The zero-order valence-electron chi connectivity index (χ0n) is 17.1. The Morgan fingerprint density at radius 1 is 1.03 bits per heavy atom. The second-order valence-corrected chi connectivity index (χ2v) is 8.06. The van der Waals surface area contributed by atoms with Gasteiger partial charge in [0.15, 0.2) is 0 Å². The van der Waals surface area contributed by atoms with Crippen molar-refractivity contribution in [1.29, 1.82) is 0 Å². The van der Waals surface area contributed by atoms with Crippen molar-refractivity contribution in [3.63, 3.8) is 0 Å². The summed E-state index contributed by atoms with van der Waals surface area (Å²) in [6.45, 7) is 11.3. The standard InChI is InChI=1S/C19H30O9S/c1-6-11-19(14(4)27-16(20)7-2,15(5)28-17(21)8-3)18(22)26-12-9-10-13-29(23,24)25/h7-8,14-15H,2-3,6,9-13H2,1,4-5H3,(H,23,24,25). The molecule has 2 atom stereocenters. The van der Waals surface area contributed by atoms with Crippen molar-refractivity contribution in [2.24, 2.45) is 5.41 Å². The van der Waals surface area contributed by atoms with Gasteiger partial charge >= 0.3 is 17.9 Å². The summed E-state index contributed by atoms with van der Waals surface area (Å²) in [5, 5.41) is 0. The fourth-order valence-electron chi connectivity index (χ4n) is 2.93. The predicted molar refractivity (Wildman–Crippen MR) is 105 cm³/mol. The largest absolute Gasteiger partial charge is 0.465 e. The molecule has 0 aromatic rings. The molecular formula is C19H30O9S. The first-order chi connectivity index (χ1) is 13.4. The lowest BCUT2D eigenvalue weighted by molar-refractivity contribution is -0.187. The molecule has 9 nitrogen and oxygen atoms in total. The van der Waals surface area contributed by atoms with Gasteiger partial charge in [-0.1, -0.05) is 26.5 Å². The molecular weight excluding hydrogens is 404 g/mol. The Kier molecular flexibility index (Phi) is 11.4. The maximum absolute atomic E-state index is 13.0. The summed E-state index contributed by atoms with van der Waals surface area (Å²) < 4.78 is 46.1. The van der Waals surface area contributed by atoms with Crippen LogP contribution in [0.4, 0.5) is 0 Å². The topological polar surface area (TPSA) is 133 Å². The average molecular weight is 435 g/mol. The van der Waals surface area contributed by atoms with Gasteiger partial charge in [-0.2, -0.15) is 8.42 Å². The fourth-order valence-corrected chi connectivity index (χ4v) is 3.49. The summed E-state index contributed by atoms with van der Waals surface area (Å²) in [5.74, 6) is -2.70. The number of ether oxygens (including phenoxy) is 3. The van der Waals surface area contributed by atoms with Crippen molar-refractivity contribution < 1.29 is 41.6 Å². The van der Waals surface area contributed by atoms with Gasteiger partial charge in [0.1, 0.15) is 17.6 Å². The van der Waals surface area contributed by atoms with E-state index in [2.05, 4.69) is 13.2 Å². The van der Waals surface area contributed by atoms with Crippen molar-refractivity contribution in [1.82, 2.24) is 0 Å². The second-order valence-electron chi connectivity index (χ2n) is 6.49. The smallest absolute Gasteiger partial charge is 0.330 e. The molecule has 0 saturated carbocycles. The van der Waals surface area contributed by atoms with E-state index in [1.165, 1.54) is 13.8 Å².